The Morgan fingerprint density at radius 3 is 2.22 bits per heavy atom. The van der Waals surface area contributed by atoms with Gasteiger partial charge < -0.3 is 24.5 Å². The van der Waals surface area contributed by atoms with Crippen molar-refractivity contribution in [3.8, 4) is 0 Å². The van der Waals surface area contributed by atoms with Gasteiger partial charge in [0, 0.05) is 37.2 Å². The van der Waals surface area contributed by atoms with Crippen molar-refractivity contribution in [3.05, 3.63) is 68.5 Å². The van der Waals surface area contributed by atoms with E-state index in [2.05, 4.69) is 88.7 Å². The molecule has 41 heavy (non-hydrogen) atoms. The molecule has 1 aromatic rings. The van der Waals surface area contributed by atoms with E-state index in [1.165, 1.54) is 68.7 Å². The third-order valence-corrected chi connectivity index (χ3v) is 16.5. The maximum absolute atomic E-state index is 5.99. The Morgan fingerprint density at radius 1 is 0.976 bits per heavy atom. The predicted octanol–water partition coefficient (Wildman–Crippen LogP) is 11.3. The summed E-state index contributed by atoms with van der Waals surface area (Å²) in [7, 11) is 10.7. The van der Waals surface area contributed by atoms with E-state index in [1.54, 1.807) is 5.56 Å². The van der Waals surface area contributed by atoms with Gasteiger partial charge in [0.2, 0.25) is 0 Å². The van der Waals surface area contributed by atoms with Crippen molar-refractivity contribution in [2.45, 2.75) is 120 Å². The number of unbranched alkanes of at least 4 members (excludes halogenated alkanes) is 3. The van der Waals surface area contributed by atoms with Crippen molar-refractivity contribution in [2.75, 3.05) is 18.6 Å². The molecule has 230 valence electrons. The molecule has 0 radical (unpaired) electrons. The number of hydrogen-bond donors (Lipinski definition) is 0. The van der Waals surface area contributed by atoms with Gasteiger partial charge in [0.25, 0.3) is 0 Å². The molecule has 1 aromatic carbocycles. The molecular weight excluding hydrogens is 641 g/mol. The Labute approximate surface area is 273 Å². The van der Waals surface area contributed by atoms with Crippen LogP contribution in [0.2, 0.25) is 23.7 Å². The molecule has 6 unspecified atom stereocenters. The third-order valence-electron chi connectivity index (χ3n) is 10.3. The number of likely N-dealkylation sites (N-methyl/N-ethyl adjacent to an activating group) is 1. The molecular formula is C35H57Cl2NOSiZr. The van der Waals surface area contributed by atoms with Crippen LogP contribution in [0.1, 0.15) is 89.2 Å². The van der Waals surface area contributed by atoms with Crippen LogP contribution in [0.25, 0.3) is 0 Å². The van der Waals surface area contributed by atoms with Gasteiger partial charge in [-0.05, 0) is 62.7 Å². The zero-order valence-electron chi connectivity index (χ0n) is 27.2. The van der Waals surface area contributed by atoms with E-state index in [-0.39, 0.29) is 20.5 Å². The molecule has 6 atom stereocenters. The summed E-state index contributed by atoms with van der Waals surface area (Å²) in [6.07, 6.45) is 21.2. The summed E-state index contributed by atoms with van der Waals surface area (Å²) < 4.78 is 5.99. The fourth-order valence-electron chi connectivity index (χ4n) is 8.75. The number of rotatable bonds is 9. The molecule has 0 aromatic heterocycles. The second-order valence-electron chi connectivity index (χ2n) is 13.8. The van der Waals surface area contributed by atoms with Gasteiger partial charge in [-0.3, -0.25) is 0 Å². The number of anilines is 1. The first-order valence-corrected chi connectivity index (χ1v) is 24.6. The van der Waals surface area contributed by atoms with Crippen LogP contribution in [0.5, 0.6) is 0 Å². The minimum atomic E-state index is -1.53. The minimum absolute atomic E-state index is 0. The maximum atomic E-state index is 5.99. The van der Waals surface area contributed by atoms with Gasteiger partial charge >= 0.3 is 37.9 Å². The Hall–Kier alpha value is 0.140. The van der Waals surface area contributed by atoms with E-state index in [0.717, 1.165) is 23.6 Å². The van der Waals surface area contributed by atoms with Crippen LogP contribution in [0.3, 0.4) is 0 Å². The summed E-state index contributed by atoms with van der Waals surface area (Å²) in [5, 5.41) is 0. The number of halogens is 2. The Balaban J connectivity index is 0.00000113. The molecule has 0 bridgehead atoms. The van der Waals surface area contributed by atoms with E-state index in [0.29, 0.717) is 17.9 Å². The first-order chi connectivity index (χ1) is 18.6. The molecule has 6 heteroatoms. The topological polar surface area (TPSA) is 12.5 Å². The summed E-state index contributed by atoms with van der Waals surface area (Å²) in [5.74, 6) is 2.12. The molecule has 0 N–H and O–H groups in total. The summed E-state index contributed by atoms with van der Waals surface area (Å²) in [4.78, 5) is 2.68. The summed E-state index contributed by atoms with van der Waals surface area (Å²) >= 11 is -0.826. The Morgan fingerprint density at radius 2 is 1.59 bits per heavy atom. The second kappa shape index (κ2) is 16.5. The Kier molecular flexibility index (Phi) is 15.0. The monoisotopic (exact) mass is 695 g/mol. The summed E-state index contributed by atoms with van der Waals surface area (Å²) in [5.41, 5.74) is 6.51. The van der Waals surface area contributed by atoms with Crippen LogP contribution in [0.15, 0.2) is 42.5 Å². The number of aryl methyl sites for hydroxylation is 1. The number of allylic oxidation sites excluding steroid dienone is 3. The fourth-order valence-corrected chi connectivity index (χ4v) is 15.2. The van der Waals surface area contributed by atoms with E-state index in [9.17, 15) is 0 Å². The van der Waals surface area contributed by atoms with Gasteiger partial charge in [-0.15, -0.1) is 0 Å². The van der Waals surface area contributed by atoms with E-state index in [1.807, 2.05) is 0 Å². The van der Waals surface area contributed by atoms with Crippen molar-refractivity contribution in [1.29, 1.82) is 0 Å². The summed E-state index contributed by atoms with van der Waals surface area (Å²) in [6.45, 7) is 12.6. The van der Waals surface area contributed by atoms with E-state index < -0.39 is 28.9 Å². The molecule has 1 heterocycles. The third kappa shape index (κ3) is 8.45. The van der Waals surface area contributed by atoms with E-state index in [4.69, 9.17) is 21.8 Å². The number of ether oxygens (including phenoxy) is 1. The van der Waals surface area contributed by atoms with Crippen LogP contribution < -0.4 is 4.90 Å². The number of nitrogens with zero attached hydrogens (tertiary/aromatic N) is 1. The van der Waals surface area contributed by atoms with Crippen LogP contribution in [-0.2, 0) is 25.6 Å². The fraction of sp³-hybridized carbons (Fsp3) is 0.657. The van der Waals surface area contributed by atoms with Crippen molar-refractivity contribution in [3.63, 3.8) is 0 Å². The molecule has 2 nitrogen and oxygen atoms in total. The molecule has 2 saturated carbocycles. The quantitative estimate of drug-likeness (QED) is 0.145. The average molecular weight is 698 g/mol. The average Bonchev–Trinajstić information content (AvgIpc) is 3.60. The molecule has 0 saturated heterocycles. The van der Waals surface area contributed by atoms with Crippen LogP contribution in [-0.4, -0.2) is 33.4 Å². The predicted molar refractivity (Wildman–Crippen MR) is 182 cm³/mol. The van der Waals surface area contributed by atoms with Crippen molar-refractivity contribution < 1.29 is 25.6 Å². The second-order valence-corrected chi connectivity index (χ2v) is 22.6. The molecule has 0 spiro atoms. The van der Waals surface area contributed by atoms with Crippen LogP contribution in [0.4, 0.5) is 5.69 Å². The normalized spacial score (nSPS) is 27.4. The molecule has 4 aliphatic rings. The molecule has 0 amide bonds. The van der Waals surface area contributed by atoms with Gasteiger partial charge in [0.1, 0.15) is 0 Å². The first kappa shape index (κ1) is 37.3. The van der Waals surface area contributed by atoms with Crippen LogP contribution in [0, 0.1) is 33.6 Å². The van der Waals surface area contributed by atoms with Crippen molar-refractivity contribution in [2.24, 2.45) is 11.8 Å². The van der Waals surface area contributed by atoms with Gasteiger partial charge in [-0.1, -0.05) is 99.5 Å². The van der Waals surface area contributed by atoms with Crippen LogP contribution >= 0.6 is 17.0 Å². The zero-order valence-corrected chi connectivity index (χ0v) is 32.2. The first-order valence-electron chi connectivity index (χ1n) is 15.4. The van der Waals surface area contributed by atoms with Crippen molar-refractivity contribution >= 4 is 30.8 Å². The van der Waals surface area contributed by atoms with Gasteiger partial charge in [-0.2, -0.15) is 0 Å². The van der Waals surface area contributed by atoms with Gasteiger partial charge in [0.05, 0.1) is 13.7 Å². The summed E-state index contributed by atoms with van der Waals surface area (Å²) in [6, 6.07) is 9.48. The number of fused-ring (bicyclic) bond motifs is 5. The SMILES string of the molecule is Cc1ccc2c(c1)C1C(C3C=CC=CC3C1[Si](C)(CCCCCCOC(C)(C)C)C1CCCC1)N2C.[CH3-].[CH3-].[Cl][Zr+2][Cl]. The molecule has 2 fully saturated rings. The Bertz CT molecular complexity index is 1000. The molecule has 1 aliphatic heterocycles. The number of benzene rings is 1. The molecule has 5 rings (SSSR count). The number of hydrogen-bond acceptors (Lipinski definition) is 2. The zero-order chi connectivity index (χ0) is 28.2. The van der Waals surface area contributed by atoms with E-state index >= 15 is 0 Å². The van der Waals surface area contributed by atoms with Gasteiger partial charge in [0.15, 0.2) is 0 Å². The van der Waals surface area contributed by atoms with Crippen molar-refractivity contribution in [1.82, 2.24) is 0 Å². The van der Waals surface area contributed by atoms with Gasteiger partial charge in [-0.25, -0.2) is 0 Å². The standard InChI is InChI=1S/C33H51NOSi.2CH3.2ClH.Zr/c1-24-19-20-29-28(23-24)30-31(34(29)5)26-17-11-12-18-27(26)32(30)36(6,25-15-9-10-16-25)22-14-8-7-13-21-35-33(2,3)4;;;;;/h11-12,17-20,23,25-27,30-32H,7-10,13-16,21-22H2,1-6H3;2*1H3;2*1H;/q;2*-1;;;+4/p-2. The molecule has 3 aliphatic carbocycles.